The van der Waals surface area contributed by atoms with E-state index in [-0.39, 0.29) is 28.8 Å². The number of nitrogens with one attached hydrogen (secondary N) is 2. The zero-order chi connectivity index (χ0) is 31.7. The van der Waals surface area contributed by atoms with Crippen LogP contribution in [-0.4, -0.2) is 73.5 Å². The van der Waals surface area contributed by atoms with Gasteiger partial charge in [0, 0.05) is 42.6 Å². The lowest BCUT2D eigenvalue weighted by Gasteiger charge is -2.34. The average molecular weight is 611 g/mol. The van der Waals surface area contributed by atoms with Crippen molar-refractivity contribution in [2.45, 2.75) is 70.4 Å². The van der Waals surface area contributed by atoms with E-state index in [4.69, 9.17) is 4.74 Å². The van der Waals surface area contributed by atoms with E-state index in [0.717, 1.165) is 24.1 Å². The number of carboxylic acid groups (broad SMARTS) is 1. The molecule has 1 fully saturated rings. The molecule has 0 aliphatic heterocycles. The molecule has 13 nitrogen and oxygen atoms in total. The number of ether oxygens (including phenoxy) is 1. The molecule has 1 unspecified atom stereocenters. The molecule has 3 aromatic rings. The van der Waals surface area contributed by atoms with Crippen molar-refractivity contribution < 1.29 is 24.0 Å². The Bertz CT molecular complexity index is 1550. The summed E-state index contributed by atoms with van der Waals surface area (Å²) >= 11 is -1.15. The third kappa shape index (κ3) is 7.99. The van der Waals surface area contributed by atoms with Gasteiger partial charge in [0.25, 0.3) is 0 Å². The highest BCUT2D eigenvalue weighted by Crippen LogP contribution is 2.34. The molecule has 0 bridgehead atoms. The molecule has 4 rings (SSSR count). The van der Waals surface area contributed by atoms with Crippen LogP contribution >= 0.6 is 0 Å². The molecule has 2 amide bonds. The third-order valence-corrected chi connectivity index (χ3v) is 7.25. The number of alkyl carbamates (subject to hydrolysis) is 1. The standard InChI is InChI=1S/C29H38N8O5S/c1-28(2,3)42-26(38)34-29(4,5)17-35(6)22-11-8-20(12-18(22)16-43(7)41)32-23-13-24(36(27(39)40)21-9-10-21)37-25(33-23)19(14-30)15-31-37/h8,11-13,15,21H,9-10,16-17H2,1-7H3,(H,32,33)(H,34,38)(H,39,40). The van der Waals surface area contributed by atoms with Crippen molar-refractivity contribution in [3.05, 3.63) is 41.6 Å². The highest BCUT2D eigenvalue weighted by atomic mass is 32.2. The fourth-order valence-electron chi connectivity index (χ4n) is 4.85. The van der Waals surface area contributed by atoms with Crippen LogP contribution in [0.25, 0.3) is 5.65 Å². The second-order valence-electron chi connectivity index (χ2n) is 12.3. The van der Waals surface area contributed by atoms with Crippen LogP contribution in [0.1, 0.15) is 58.6 Å². The van der Waals surface area contributed by atoms with Crippen LogP contribution in [-0.2, 0) is 21.7 Å². The number of likely N-dealkylation sites (N-methyl/N-ethyl adjacent to an activating group) is 1. The maximum atomic E-state index is 12.4. The lowest BCUT2D eigenvalue weighted by Crippen LogP contribution is -2.52. The molecule has 230 valence electrons. The molecular weight excluding hydrogens is 572 g/mol. The van der Waals surface area contributed by atoms with Crippen molar-refractivity contribution >= 4 is 52.0 Å². The van der Waals surface area contributed by atoms with Gasteiger partial charge in [-0.3, -0.25) is 4.90 Å². The van der Waals surface area contributed by atoms with Gasteiger partial charge in [0.15, 0.2) is 5.65 Å². The van der Waals surface area contributed by atoms with Crippen LogP contribution in [0.2, 0.25) is 0 Å². The molecule has 2 aromatic heterocycles. The molecule has 1 aliphatic rings. The Morgan fingerprint density at radius 3 is 2.53 bits per heavy atom. The first-order chi connectivity index (χ1) is 20.1. The summed E-state index contributed by atoms with van der Waals surface area (Å²) in [7, 11) is 1.90. The number of carbonyl (C=O) groups is 2. The first-order valence-corrected chi connectivity index (χ1v) is 15.5. The van der Waals surface area contributed by atoms with Gasteiger partial charge >= 0.3 is 12.2 Å². The minimum absolute atomic E-state index is 0.166. The summed E-state index contributed by atoms with van der Waals surface area (Å²) in [6.07, 6.45) is 2.84. The summed E-state index contributed by atoms with van der Waals surface area (Å²) in [6, 6.07) is 9.08. The van der Waals surface area contributed by atoms with Gasteiger partial charge in [-0.2, -0.15) is 14.9 Å². The van der Waals surface area contributed by atoms with Crippen molar-refractivity contribution in [2.75, 3.05) is 35.0 Å². The number of benzene rings is 1. The van der Waals surface area contributed by atoms with Crippen LogP contribution in [0.5, 0.6) is 0 Å². The summed E-state index contributed by atoms with van der Waals surface area (Å²) in [4.78, 5) is 32.4. The SMILES string of the molecule is CN(CC(C)(C)NC(=O)OC(C)(C)C)c1ccc(Nc2cc(N(C(=O)O)C3CC3)n3ncc(C#N)c3n2)cc1C[S+](C)[O-]. The van der Waals surface area contributed by atoms with Gasteiger partial charge < -0.3 is 29.9 Å². The summed E-state index contributed by atoms with van der Waals surface area (Å²) in [5, 5.41) is 29.9. The van der Waals surface area contributed by atoms with Crippen LogP contribution < -0.4 is 20.4 Å². The monoisotopic (exact) mass is 610 g/mol. The fourth-order valence-corrected chi connectivity index (χ4v) is 5.52. The number of carbonyl (C=O) groups excluding carboxylic acids is 1. The number of hydrogen-bond donors (Lipinski definition) is 3. The topological polar surface area (TPSA) is 171 Å². The Hall–Kier alpha value is -4.22. The largest absolute Gasteiger partial charge is 0.616 e. The number of hydrogen-bond acceptors (Lipinski definition) is 9. The zero-order valence-electron chi connectivity index (χ0n) is 25.5. The van der Waals surface area contributed by atoms with Gasteiger partial charge in [0.1, 0.15) is 34.6 Å². The molecular formula is C29H38N8O5S. The highest BCUT2D eigenvalue weighted by Gasteiger charge is 2.36. The molecule has 1 aliphatic carbocycles. The van der Waals surface area contributed by atoms with Crippen LogP contribution in [0, 0.1) is 11.3 Å². The van der Waals surface area contributed by atoms with Crippen LogP contribution in [0.15, 0.2) is 30.5 Å². The smallest absolute Gasteiger partial charge is 0.413 e. The number of nitriles is 1. The normalized spacial score (nSPS) is 14.1. The molecule has 43 heavy (non-hydrogen) atoms. The van der Waals surface area contributed by atoms with Gasteiger partial charge in [-0.1, -0.05) is 11.2 Å². The van der Waals surface area contributed by atoms with Gasteiger partial charge in [0.05, 0.1) is 18.0 Å². The maximum absolute atomic E-state index is 12.4. The lowest BCUT2D eigenvalue weighted by atomic mass is 10.0. The molecule has 0 saturated heterocycles. The van der Waals surface area contributed by atoms with Crippen LogP contribution in [0.3, 0.4) is 0 Å². The molecule has 1 saturated carbocycles. The lowest BCUT2D eigenvalue weighted by molar-refractivity contribution is 0.0475. The number of aromatic nitrogens is 3. The summed E-state index contributed by atoms with van der Waals surface area (Å²) < 4.78 is 19.1. The van der Waals surface area contributed by atoms with E-state index >= 15 is 0 Å². The van der Waals surface area contributed by atoms with Gasteiger partial charge in [-0.15, -0.1) is 0 Å². The van der Waals surface area contributed by atoms with E-state index in [1.807, 2.05) is 44.0 Å². The Morgan fingerprint density at radius 1 is 1.26 bits per heavy atom. The first-order valence-electron chi connectivity index (χ1n) is 13.8. The average Bonchev–Trinajstić information content (AvgIpc) is 3.59. The molecule has 1 atom stereocenters. The molecule has 3 N–H and O–H groups in total. The van der Waals surface area contributed by atoms with Crippen LogP contribution in [0.4, 0.5) is 32.6 Å². The predicted molar refractivity (Wildman–Crippen MR) is 165 cm³/mol. The van der Waals surface area contributed by atoms with Gasteiger partial charge in [-0.25, -0.2) is 14.6 Å². The van der Waals surface area contributed by atoms with E-state index in [1.165, 1.54) is 15.6 Å². The summed E-state index contributed by atoms with van der Waals surface area (Å²) in [5.41, 5.74) is 1.46. The second-order valence-corrected chi connectivity index (χ2v) is 13.8. The zero-order valence-corrected chi connectivity index (χ0v) is 26.3. The van der Waals surface area contributed by atoms with Crippen molar-refractivity contribution in [3.8, 4) is 6.07 Å². The maximum Gasteiger partial charge on any atom is 0.413 e. The van der Waals surface area contributed by atoms with Crippen molar-refractivity contribution in [3.63, 3.8) is 0 Å². The Labute approximate surface area is 254 Å². The number of anilines is 4. The van der Waals surface area contributed by atoms with Gasteiger partial charge in [-0.05, 0) is 65.7 Å². The van der Waals surface area contributed by atoms with Gasteiger partial charge in [0.2, 0.25) is 0 Å². The number of rotatable bonds is 10. The summed E-state index contributed by atoms with van der Waals surface area (Å²) in [6.45, 7) is 9.65. The first kappa shape index (κ1) is 31.7. The Morgan fingerprint density at radius 2 is 1.95 bits per heavy atom. The second kappa shape index (κ2) is 12.2. The number of fused-ring (bicyclic) bond motifs is 1. The van der Waals surface area contributed by atoms with E-state index in [2.05, 4.69) is 26.8 Å². The third-order valence-electron chi connectivity index (χ3n) is 6.53. The number of amides is 2. The minimum Gasteiger partial charge on any atom is -0.616 e. The quantitative estimate of drug-likeness (QED) is 0.275. The van der Waals surface area contributed by atoms with E-state index in [1.54, 1.807) is 33.1 Å². The van der Waals surface area contributed by atoms with E-state index in [0.29, 0.717) is 18.1 Å². The van der Waals surface area contributed by atoms with E-state index in [9.17, 15) is 24.5 Å². The molecule has 14 heteroatoms. The molecule has 0 spiro atoms. The predicted octanol–water partition coefficient (Wildman–Crippen LogP) is 4.61. The fraction of sp³-hybridized carbons (Fsp3) is 0.483. The molecule has 1 aromatic carbocycles. The number of nitrogens with zero attached hydrogens (tertiary/aromatic N) is 6. The minimum atomic E-state index is -1.15. The van der Waals surface area contributed by atoms with E-state index < -0.39 is 34.5 Å². The molecule has 2 heterocycles. The van der Waals surface area contributed by atoms with Crippen molar-refractivity contribution in [1.29, 1.82) is 5.26 Å². The van der Waals surface area contributed by atoms with Crippen molar-refractivity contribution in [2.24, 2.45) is 0 Å². The Balaban J connectivity index is 1.63. The highest BCUT2D eigenvalue weighted by molar-refractivity contribution is 7.89. The molecule has 0 radical (unpaired) electrons. The van der Waals surface area contributed by atoms with Crippen molar-refractivity contribution in [1.82, 2.24) is 19.9 Å². The Kier molecular flexibility index (Phi) is 8.98. The summed E-state index contributed by atoms with van der Waals surface area (Å²) in [5.74, 6) is 0.899.